The van der Waals surface area contributed by atoms with E-state index < -0.39 is 0 Å². The molecule has 0 aliphatic rings. The first-order valence-corrected chi connectivity index (χ1v) is 6.04. The molecule has 0 saturated heterocycles. The van der Waals surface area contributed by atoms with E-state index in [1.807, 2.05) is 0 Å². The van der Waals surface area contributed by atoms with Crippen molar-refractivity contribution >= 4 is 28.5 Å². The van der Waals surface area contributed by atoms with Crippen LogP contribution in [0, 0.1) is 5.92 Å². The molecule has 0 atom stereocenters. The molecule has 2 N–H and O–H groups in total. The van der Waals surface area contributed by atoms with Crippen LogP contribution in [0.4, 0.5) is 0 Å². The van der Waals surface area contributed by atoms with Crippen molar-refractivity contribution in [2.45, 2.75) is 26.9 Å². The van der Waals surface area contributed by atoms with Crippen LogP contribution in [0.2, 0.25) is 0 Å². The number of ether oxygens (including phenoxy) is 1. The van der Waals surface area contributed by atoms with E-state index in [1.165, 1.54) is 0 Å². The number of thiazole rings is 1. The molecule has 0 aliphatic heterocycles. The topological polar surface area (TPSA) is 48.1 Å². The van der Waals surface area contributed by atoms with Gasteiger partial charge in [0.2, 0.25) is 0 Å². The maximum atomic E-state index is 5.64. The largest absolute Gasteiger partial charge is 0.389 e. The fraction of sp³-hybridized carbons (Fsp3) is 0.600. The van der Waals surface area contributed by atoms with Crippen LogP contribution in [-0.4, -0.2) is 17.1 Å². The number of nitrogens with zero attached hydrogens (tertiary/aromatic N) is 1. The van der Waals surface area contributed by atoms with Gasteiger partial charge in [0.05, 0.1) is 22.2 Å². The van der Waals surface area contributed by atoms with Crippen LogP contribution in [0.25, 0.3) is 0 Å². The number of hydrogen-bond donors (Lipinski definition) is 1. The molecular formula is C10H16N2OS2. The van der Waals surface area contributed by atoms with Crippen molar-refractivity contribution in [2.75, 3.05) is 7.11 Å². The second-order valence-electron chi connectivity index (χ2n) is 3.78. The highest BCUT2D eigenvalue weighted by molar-refractivity contribution is 7.81. The zero-order valence-electron chi connectivity index (χ0n) is 9.24. The molecule has 15 heavy (non-hydrogen) atoms. The van der Waals surface area contributed by atoms with E-state index in [9.17, 15) is 0 Å². The van der Waals surface area contributed by atoms with Crippen molar-refractivity contribution in [1.82, 2.24) is 4.98 Å². The summed E-state index contributed by atoms with van der Waals surface area (Å²) in [6, 6.07) is 0. The van der Waals surface area contributed by atoms with Crippen LogP contribution >= 0.6 is 23.6 Å². The Morgan fingerprint density at radius 3 is 2.73 bits per heavy atom. The van der Waals surface area contributed by atoms with E-state index in [0.717, 1.165) is 22.0 Å². The Kier molecular flexibility index (Phi) is 4.63. The van der Waals surface area contributed by atoms with Crippen molar-refractivity contribution in [2.24, 2.45) is 11.7 Å². The van der Waals surface area contributed by atoms with Crippen LogP contribution in [-0.2, 0) is 17.8 Å². The molecule has 0 saturated carbocycles. The molecule has 5 heteroatoms. The molecule has 0 aromatic carbocycles. The Balaban J connectivity index is 2.93. The highest BCUT2D eigenvalue weighted by Gasteiger charge is 2.13. The minimum absolute atomic E-state index is 0.412. The first-order valence-electron chi connectivity index (χ1n) is 4.82. The van der Waals surface area contributed by atoms with Gasteiger partial charge in [-0.2, -0.15) is 0 Å². The molecule has 0 amide bonds. The van der Waals surface area contributed by atoms with E-state index >= 15 is 0 Å². The lowest BCUT2D eigenvalue weighted by Crippen LogP contribution is -2.10. The second-order valence-corrected chi connectivity index (χ2v) is 5.30. The Bertz CT molecular complexity index is 347. The Hall–Kier alpha value is -0.520. The third-order valence-electron chi connectivity index (χ3n) is 1.83. The van der Waals surface area contributed by atoms with Crippen molar-refractivity contribution in [1.29, 1.82) is 0 Å². The van der Waals surface area contributed by atoms with Crippen LogP contribution in [0.1, 0.15) is 29.4 Å². The Labute approximate surface area is 99.7 Å². The molecule has 0 fully saturated rings. The monoisotopic (exact) mass is 244 g/mol. The molecule has 0 spiro atoms. The predicted octanol–water partition coefficient (Wildman–Crippen LogP) is 2.12. The molecule has 3 nitrogen and oxygen atoms in total. The number of thiocarbonyl (C=S) groups is 1. The van der Waals surface area contributed by atoms with E-state index in [-0.39, 0.29) is 0 Å². The highest BCUT2D eigenvalue weighted by Crippen LogP contribution is 2.21. The predicted molar refractivity (Wildman–Crippen MR) is 67.3 cm³/mol. The maximum absolute atomic E-state index is 5.64. The van der Waals surface area contributed by atoms with Crippen molar-refractivity contribution in [3.05, 3.63) is 15.6 Å². The average molecular weight is 244 g/mol. The minimum Gasteiger partial charge on any atom is -0.389 e. The van der Waals surface area contributed by atoms with E-state index in [4.69, 9.17) is 22.7 Å². The Morgan fingerprint density at radius 1 is 1.60 bits per heavy atom. The van der Waals surface area contributed by atoms with Crippen LogP contribution in [0.15, 0.2) is 0 Å². The summed E-state index contributed by atoms with van der Waals surface area (Å²) in [4.78, 5) is 5.79. The van der Waals surface area contributed by atoms with Gasteiger partial charge in [-0.3, -0.25) is 0 Å². The van der Waals surface area contributed by atoms with Gasteiger partial charge in [-0.15, -0.1) is 11.3 Å². The quantitative estimate of drug-likeness (QED) is 0.806. The van der Waals surface area contributed by atoms with Crippen LogP contribution < -0.4 is 5.73 Å². The molecule has 1 aromatic rings. The zero-order chi connectivity index (χ0) is 11.4. The zero-order valence-corrected chi connectivity index (χ0v) is 10.9. The number of hydrogen-bond acceptors (Lipinski definition) is 4. The van der Waals surface area contributed by atoms with E-state index in [2.05, 4.69) is 18.8 Å². The van der Waals surface area contributed by atoms with Gasteiger partial charge in [0, 0.05) is 13.5 Å². The van der Waals surface area contributed by atoms with E-state index in [0.29, 0.717) is 17.5 Å². The fourth-order valence-electron chi connectivity index (χ4n) is 1.26. The second kappa shape index (κ2) is 5.53. The van der Waals surface area contributed by atoms with Gasteiger partial charge < -0.3 is 10.5 Å². The summed E-state index contributed by atoms with van der Waals surface area (Å²) in [7, 11) is 1.64. The normalized spacial score (nSPS) is 10.9. The molecule has 0 radical (unpaired) electrons. The highest BCUT2D eigenvalue weighted by atomic mass is 32.1. The molecule has 0 aliphatic carbocycles. The summed E-state index contributed by atoms with van der Waals surface area (Å²) in [5.41, 5.74) is 6.50. The van der Waals surface area contributed by atoms with Crippen molar-refractivity contribution in [3.63, 3.8) is 0 Å². The lowest BCUT2D eigenvalue weighted by Gasteiger charge is -1.98. The van der Waals surface area contributed by atoms with Gasteiger partial charge in [-0.05, 0) is 5.92 Å². The average Bonchev–Trinajstić information content (AvgIpc) is 2.47. The molecule has 84 valence electrons. The summed E-state index contributed by atoms with van der Waals surface area (Å²) in [5.74, 6) is 0.589. The van der Waals surface area contributed by atoms with Gasteiger partial charge in [-0.1, -0.05) is 26.1 Å². The first kappa shape index (κ1) is 12.5. The summed E-state index contributed by atoms with van der Waals surface area (Å²) in [6.07, 6.45) is 0.962. The smallest absolute Gasteiger partial charge is 0.116 e. The van der Waals surface area contributed by atoms with Gasteiger partial charge in [0.25, 0.3) is 0 Å². The van der Waals surface area contributed by atoms with Crippen molar-refractivity contribution in [3.8, 4) is 0 Å². The van der Waals surface area contributed by atoms with Crippen molar-refractivity contribution < 1.29 is 4.74 Å². The molecule has 1 heterocycles. The third kappa shape index (κ3) is 3.52. The number of methoxy groups -OCH3 is 1. The summed E-state index contributed by atoms with van der Waals surface area (Å²) in [6.45, 7) is 4.80. The Morgan fingerprint density at radius 2 is 2.27 bits per heavy atom. The van der Waals surface area contributed by atoms with Gasteiger partial charge in [0.1, 0.15) is 4.99 Å². The molecule has 0 bridgehead atoms. The van der Waals surface area contributed by atoms with Crippen LogP contribution in [0.5, 0.6) is 0 Å². The van der Waals surface area contributed by atoms with Gasteiger partial charge in [0.15, 0.2) is 0 Å². The molecular weight excluding hydrogens is 228 g/mol. The van der Waals surface area contributed by atoms with Gasteiger partial charge >= 0.3 is 0 Å². The van der Waals surface area contributed by atoms with E-state index in [1.54, 1.807) is 18.4 Å². The van der Waals surface area contributed by atoms with Gasteiger partial charge in [-0.25, -0.2) is 4.98 Å². The lowest BCUT2D eigenvalue weighted by atomic mass is 10.1. The third-order valence-corrected chi connectivity index (χ3v) is 3.32. The fourth-order valence-corrected chi connectivity index (χ4v) is 2.64. The lowest BCUT2D eigenvalue weighted by molar-refractivity contribution is 0.181. The summed E-state index contributed by atoms with van der Waals surface area (Å²) < 4.78 is 5.07. The number of rotatable bonds is 5. The molecule has 1 rings (SSSR count). The standard InChI is InChI=1S/C10H16N2OS2/c1-6(2)4-8-12-7(5-13-3)9(15-8)10(11)14/h6H,4-5H2,1-3H3,(H2,11,14). The summed E-state index contributed by atoms with van der Waals surface area (Å²) >= 11 is 6.56. The number of nitrogens with two attached hydrogens (primary N) is 1. The maximum Gasteiger partial charge on any atom is 0.116 e. The summed E-state index contributed by atoms with van der Waals surface area (Å²) in [5, 5.41) is 1.08. The first-order chi connectivity index (χ1) is 7.04. The van der Waals surface area contributed by atoms with Crippen LogP contribution in [0.3, 0.4) is 0 Å². The number of aromatic nitrogens is 1. The molecule has 0 unspecified atom stereocenters. The minimum atomic E-state index is 0.412. The SMILES string of the molecule is COCc1nc(CC(C)C)sc1C(N)=S. The molecule has 1 aromatic heterocycles.